The highest BCUT2D eigenvalue weighted by Crippen LogP contribution is 2.40. The van der Waals surface area contributed by atoms with Gasteiger partial charge in [0.15, 0.2) is 5.17 Å². The number of ether oxygens (including phenoxy) is 1. The number of thioether (sulfide) groups is 1. The maximum absolute atomic E-state index is 5.50. The topological polar surface area (TPSA) is 37.7 Å². The number of benzene rings is 2. The lowest BCUT2D eigenvalue weighted by molar-refractivity contribution is 0.131. The molecule has 0 aliphatic carbocycles. The Hall–Kier alpha value is -2.37. The van der Waals surface area contributed by atoms with Crippen molar-refractivity contribution in [1.29, 1.82) is 0 Å². The Morgan fingerprint density at radius 3 is 3.04 bits per heavy atom. The van der Waals surface area contributed by atoms with Crippen LogP contribution in [0.2, 0.25) is 0 Å². The predicted octanol–water partition coefficient (Wildman–Crippen LogP) is 5.33. The van der Waals surface area contributed by atoms with Crippen LogP contribution in [0.1, 0.15) is 24.6 Å². The summed E-state index contributed by atoms with van der Waals surface area (Å²) in [5, 5.41) is 3.40. The smallest absolute Gasteiger partial charge is 0.169 e. The Morgan fingerprint density at radius 2 is 2.11 bits per heavy atom. The van der Waals surface area contributed by atoms with E-state index in [0.717, 1.165) is 39.5 Å². The van der Waals surface area contributed by atoms with Gasteiger partial charge in [-0.25, -0.2) is 4.99 Å². The fraction of sp³-hybridized carbons (Fsp3) is 0.304. The number of aliphatic imine (C=N–C) groups is 1. The molecule has 2 aliphatic rings. The standard InChI is InChI=1S/C23H23N3OS/c1-2-27-15-20-12-18-11-19(8-7-17(18)14-24-20)25-23-26-21(9-10-28-23)13-16-5-3-4-6-22(16)26/h3-8,11-12,14,21H,2,9-10,13,15H2,1H3. The van der Waals surface area contributed by atoms with Crippen molar-refractivity contribution in [3.8, 4) is 0 Å². The van der Waals surface area contributed by atoms with Gasteiger partial charge in [-0.15, -0.1) is 0 Å². The molecule has 1 unspecified atom stereocenters. The third-order valence-corrected chi connectivity index (χ3v) is 6.39. The van der Waals surface area contributed by atoms with Gasteiger partial charge < -0.3 is 9.64 Å². The van der Waals surface area contributed by atoms with E-state index in [9.17, 15) is 0 Å². The van der Waals surface area contributed by atoms with Crippen LogP contribution in [0.3, 0.4) is 0 Å². The summed E-state index contributed by atoms with van der Waals surface area (Å²) in [5.41, 5.74) is 4.71. The first-order valence-corrected chi connectivity index (χ1v) is 10.9. The van der Waals surface area contributed by atoms with E-state index in [1.165, 1.54) is 17.7 Å². The Bertz CT molecular complexity index is 1050. The van der Waals surface area contributed by atoms with Crippen molar-refractivity contribution in [2.24, 2.45) is 4.99 Å². The summed E-state index contributed by atoms with van der Waals surface area (Å²) in [6, 6.07) is 17.7. The number of anilines is 1. The second-order valence-corrected chi connectivity index (χ2v) is 8.29. The average molecular weight is 390 g/mol. The number of hydrogen-bond donors (Lipinski definition) is 0. The fourth-order valence-corrected chi connectivity index (χ4v) is 5.16. The van der Waals surface area contributed by atoms with Gasteiger partial charge in [0.05, 0.1) is 18.0 Å². The van der Waals surface area contributed by atoms with Crippen LogP contribution >= 0.6 is 11.8 Å². The van der Waals surface area contributed by atoms with E-state index in [1.54, 1.807) is 0 Å². The molecular weight excluding hydrogens is 366 g/mol. The Labute approximate surface area is 169 Å². The number of rotatable bonds is 4. The molecule has 2 aliphatic heterocycles. The van der Waals surface area contributed by atoms with Gasteiger partial charge in [0.1, 0.15) is 0 Å². The van der Waals surface area contributed by atoms with Gasteiger partial charge in [-0.2, -0.15) is 0 Å². The van der Waals surface area contributed by atoms with Gasteiger partial charge in [0.25, 0.3) is 0 Å². The minimum absolute atomic E-state index is 0.542. The molecule has 5 rings (SSSR count). The molecule has 0 radical (unpaired) electrons. The summed E-state index contributed by atoms with van der Waals surface area (Å²) in [6.07, 6.45) is 4.26. The van der Waals surface area contributed by atoms with E-state index in [4.69, 9.17) is 9.73 Å². The van der Waals surface area contributed by atoms with Crippen molar-refractivity contribution in [1.82, 2.24) is 4.98 Å². The van der Waals surface area contributed by atoms with Crippen LogP contribution in [0.4, 0.5) is 11.4 Å². The zero-order chi connectivity index (χ0) is 18.9. The first-order valence-electron chi connectivity index (χ1n) is 9.87. The highest BCUT2D eigenvalue weighted by molar-refractivity contribution is 8.14. The second kappa shape index (κ2) is 7.57. The van der Waals surface area contributed by atoms with Gasteiger partial charge >= 0.3 is 0 Å². The molecule has 28 heavy (non-hydrogen) atoms. The molecule has 1 aromatic heterocycles. The average Bonchev–Trinajstić information content (AvgIpc) is 3.11. The summed E-state index contributed by atoms with van der Waals surface area (Å²) >= 11 is 1.86. The van der Waals surface area contributed by atoms with Crippen molar-refractivity contribution in [3.05, 3.63) is 66.0 Å². The molecule has 0 bridgehead atoms. The number of nitrogens with zero attached hydrogens (tertiary/aromatic N) is 3. The molecule has 1 atom stereocenters. The van der Waals surface area contributed by atoms with Crippen molar-refractivity contribution in [2.45, 2.75) is 32.4 Å². The number of aromatic nitrogens is 1. The van der Waals surface area contributed by atoms with E-state index in [2.05, 4.69) is 58.4 Å². The van der Waals surface area contributed by atoms with Crippen LogP contribution in [0.15, 0.2) is 59.7 Å². The maximum Gasteiger partial charge on any atom is 0.169 e. The van der Waals surface area contributed by atoms with Gasteiger partial charge in [0.2, 0.25) is 0 Å². The number of fused-ring (bicyclic) bond motifs is 4. The van der Waals surface area contributed by atoms with Crippen LogP contribution in [0, 0.1) is 0 Å². The second-order valence-electron chi connectivity index (χ2n) is 7.23. The largest absolute Gasteiger partial charge is 0.375 e. The van der Waals surface area contributed by atoms with Gasteiger partial charge in [-0.05, 0) is 55.0 Å². The Kier molecular flexibility index (Phi) is 4.79. The van der Waals surface area contributed by atoms with E-state index in [-0.39, 0.29) is 0 Å². The highest BCUT2D eigenvalue weighted by atomic mass is 32.2. The molecule has 0 N–H and O–H groups in total. The number of hydrogen-bond acceptors (Lipinski definition) is 4. The zero-order valence-corrected chi connectivity index (χ0v) is 16.8. The molecule has 0 saturated carbocycles. The van der Waals surface area contributed by atoms with Gasteiger partial charge in [-0.3, -0.25) is 4.98 Å². The molecule has 4 nitrogen and oxygen atoms in total. The minimum Gasteiger partial charge on any atom is -0.375 e. The molecule has 0 spiro atoms. The highest BCUT2D eigenvalue weighted by Gasteiger charge is 2.35. The minimum atomic E-state index is 0.542. The molecule has 5 heteroatoms. The van der Waals surface area contributed by atoms with Crippen molar-refractivity contribution >= 4 is 39.1 Å². The van der Waals surface area contributed by atoms with Crippen molar-refractivity contribution in [3.63, 3.8) is 0 Å². The molecule has 3 heterocycles. The maximum atomic E-state index is 5.50. The zero-order valence-electron chi connectivity index (χ0n) is 16.0. The fourth-order valence-electron chi connectivity index (χ4n) is 4.03. The normalized spacial score (nSPS) is 19.8. The summed E-state index contributed by atoms with van der Waals surface area (Å²) in [6.45, 7) is 3.25. The van der Waals surface area contributed by atoms with Crippen LogP contribution in [-0.4, -0.2) is 28.6 Å². The summed E-state index contributed by atoms with van der Waals surface area (Å²) in [7, 11) is 0. The molecule has 1 saturated heterocycles. The molecule has 1 fully saturated rings. The molecule has 142 valence electrons. The van der Waals surface area contributed by atoms with E-state index < -0.39 is 0 Å². The number of amidine groups is 1. The summed E-state index contributed by atoms with van der Waals surface area (Å²) in [4.78, 5) is 12.0. The molecular formula is C23H23N3OS. The lowest BCUT2D eigenvalue weighted by atomic mass is 10.1. The van der Waals surface area contributed by atoms with E-state index >= 15 is 0 Å². The van der Waals surface area contributed by atoms with Gasteiger partial charge in [0, 0.05) is 35.7 Å². The third kappa shape index (κ3) is 3.29. The molecule has 0 amide bonds. The monoisotopic (exact) mass is 389 g/mol. The molecule has 2 aromatic carbocycles. The number of para-hydroxylation sites is 1. The predicted molar refractivity (Wildman–Crippen MR) is 118 cm³/mol. The van der Waals surface area contributed by atoms with E-state index in [1.807, 2.05) is 24.9 Å². The quantitative estimate of drug-likeness (QED) is 0.605. The Balaban J connectivity index is 1.50. The first-order chi connectivity index (χ1) is 13.8. The first kappa shape index (κ1) is 17.7. The van der Waals surface area contributed by atoms with Crippen molar-refractivity contribution in [2.75, 3.05) is 17.3 Å². The van der Waals surface area contributed by atoms with Gasteiger partial charge in [-0.1, -0.05) is 36.0 Å². The Morgan fingerprint density at radius 1 is 1.18 bits per heavy atom. The van der Waals surface area contributed by atoms with Crippen LogP contribution < -0.4 is 4.90 Å². The lowest BCUT2D eigenvalue weighted by Crippen LogP contribution is -2.40. The third-order valence-electron chi connectivity index (χ3n) is 5.40. The summed E-state index contributed by atoms with van der Waals surface area (Å²) in [5.74, 6) is 1.13. The van der Waals surface area contributed by atoms with Crippen LogP contribution in [0.5, 0.6) is 0 Å². The van der Waals surface area contributed by atoms with Crippen molar-refractivity contribution < 1.29 is 4.74 Å². The van der Waals surface area contributed by atoms with E-state index in [0.29, 0.717) is 19.3 Å². The molecule has 3 aromatic rings. The SMILES string of the molecule is CCOCc1cc2cc(N=C3SCCC4Cc5ccccc5N34)ccc2cn1. The van der Waals surface area contributed by atoms with Crippen LogP contribution in [0.25, 0.3) is 10.8 Å². The lowest BCUT2D eigenvalue weighted by Gasteiger charge is -2.32. The number of pyridine rings is 1. The van der Waals surface area contributed by atoms with Crippen LogP contribution in [-0.2, 0) is 17.8 Å². The summed E-state index contributed by atoms with van der Waals surface area (Å²) < 4.78 is 5.50.